The predicted molar refractivity (Wildman–Crippen MR) is 218 cm³/mol. The number of hydrogen-bond donors (Lipinski definition) is 0. The highest BCUT2D eigenvalue weighted by Gasteiger charge is 2.14. The van der Waals surface area contributed by atoms with Gasteiger partial charge in [-0.05, 0) is 117 Å². The molecule has 0 aromatic heterocycles. The Morgan fingerprint density at radius 3 is 1.08 bits per heavy atom. The normalized spacial score (nSPS) is 12.2. The van der Waals surface area contributed by atoms with E-state index in [9.17, 15) is 14.4 Å². The van der Waals surface area contributed by atoms with Crippen molar-refractivity contribution in [3.05, 3.63) is 24.3 Å². The number of carbonyl (C=O) groups is 3. The molecule has 0 unspecified atom stereocenters. The summed E-state index contributed by atoms with van der Waals surface area (Å²) in [4.78, 5) is 36.9. The van der Waals surface area contributed by atoms with Gasteiger partial charge in [-0.3, -0.25) is 14.4 Å². The fourth-order valence-electron chi connectivity index (χ4n) is 6.53. The van der Waals surface area contributed by atoms with E-state index in [0.717, 1.165) is 64.3 Å². The molecule has 0 spiro atoms. The van der Waals surface area contributed by atoms with Crippen LogP contribution in [0.5, 0.6) is 0 Å². The third-order valence-electron chi connectivity index (χ3n) is 9.87. The van der Waals surface area contributed by atoms with Crippen molar-refractivity contribution in [1.82, 2.24) is 4.90 Å². The van der Waals surface area contributed by atoms with Crippen molar-refractivity contribution in [2.75, 3.05) is 34.9 Å². The first-order chi connectivity index (χ1) is 25.4. The maximum Gasteiger partial charge on any atom is 0.306 e. The second-order valence-corrected chi connectivity index (χ2v) is 15.1. The number of esters is 3. The van der Waals surface area contributed by atoms with Gasteiger partial charge in [0.25, 0.3) is 0 Å². The molecule has 0 N–H and O–H groups in total. The summed E-state index contributed by atoms with van der Waals surface area (Å²) in [6.07, 6.45) is 45.3. The SMILES string of the molecule is COC(=O)CCCCCCCC=CCCCCCCCCC(CCCCCCCCC=CCCCCCCCC(=O)OC)OC(=O)CCCN(C)C. The zero-order valence-corrected chi connectivity index (χ0v) is 34.6. The number of carbonyl (C=O) groups excluding carboxylic acids is 3. The van der Waals surface area contributed by atoms with Gasteiger partial charge in [-0.15, -0.1) is 0 Å². The predicted octanol–water partition coefficient (Wildman–Crippen LogP) is 12.4. The Morgan fingerprint density at radius 2 is 0.731 bits per heavy atom. The molecular formula is C45H83NO6. The lowest BCUT2D eigenvalue weighted by Crippen LogP contribution is -2.20. The van der Waals surface area contributed by atoms with Crippen molar-refractivity contribution in [3.8, 4) is 0 Å². The molecule has 304 valence electrons. The van der Waals surface area contributed by atoms with Crippen LogP contribution in [0.15, 0.2) is 24.3 Å². The van der Waals surface area contributed by atoms with Gasteiger partial charge in [-0.1, -0.05) is 114 Å². The molecule has 0 saturated heterocycles. The molecule has 7 nitrogen and oxygen atoms in total. The summed E-state index contributed by atoms with van der Waals surface area (Å²) in [6.45, 7) is 0.924. The summed E-state index contributed by atoms with van der Waals surface area (Å²) < 4.78 is 15.4. The van der Waals surface area contributed by atoms with E-state index in [4.69, 9.17) is 4.74 Å². The summed E-state index contributed by atoms with van der Waals surface area (Å²) in [6, 6.07) is 0. The van der Waals surface area contributed by atoms with E-state index in [1.165, 1.54) is 143 Å². The second-order valence-electron chi connectivity index (χ2n) is 15.1. The highest BCUT2D eigenvalue weighted by atomic mass is 16.5. The fraction of sp³-hybridized carbons (Fsp3) is 0.844. The van der Waals surface area contributed by atoms with E-state index in [2.05, 4.69) is 38.7 Å². The van der Waals surface area contributed by atoms with Gasteiger partial charge in [-0.2, -0.15) is 0 Å². The Balaban J connectivity index is 3.93. The van der Waals surface area contributed by atoms with Crippen molar-refractivity contribution in [1.29, 1.82) is 0 Å². The average Bonchev–Trinajstić information content (AvgIpc) is 3.13. The van der Waals surface area contributed by atoms with Crippen LogP contribution < -0.4 is 0 Å². The minimum Gasteiger partial charge on any atom is -0.469 e. The van der Waals surface area contributed by atoms with E-state index in [1.807, 2.05) is 14.1 Å². The first-order valence-corrected chi connectivity index (χ1v) is 21.7. The summed E-state index contributed by atoms with van der Waals surface area (Å²) >= 11 is 0. The molecule has 0 aliphatic rings. The van der Waals surface area contributed by atoms with Gasteiger partial charge in [0, 0.05) is 19.3 Å². The van der Waals surface area contributed by atoms with Gasteiger partial charge in [0.1, 0.15) is 6.10 Å². The van der Waals surface area contributed by atoms with E-state index >= 15 is 0 Å². The quantitative estimate of drug-likeness (QED) is 0.0269. The van der Waals surface area contributed by atoms with E-state index in [-0.39, 0.29) is 24.0 Å². The van der Waals surface area contributed by atoms with Crippen molar-refractivity contribution in [2.45, 2.75) is 212 Å². The topological polar surface area (TPSA) is 82.1 Å². The number of methoxy groups -OCH3 is 2. The molecule has 0 aromatic carbocycles. The van der Waals surface area contributed by atoms with Gasteiger partial charge in [0.15, 0.2) is 0 Å². The van der Waals surface area contributed by atoms with E-state index in [0.29, 0.717) is 19.3 Å². The molecule has 0 bridgehead atoms. The van der Waals surface area contributed by atoms with Gasteiger partial charge >= 0.3 is 17.9 Å². The Bertz CT molecular complexity index is 814. The number of allylic oxidation sites excluding steroid dienone is 4. The standard InChI is InChI=1S/C45H83NO6/c1-46(2)41-35-40-45(49)52-42(36-31-27-23-19-15-11-7-5-9-13-17-21-25-29-33-38-43(47)50-3)37-32-28-24-20-16-12-8-6-10-14-18-22-26-30-34-39-44(48)51-4/h5-6,9-10,42H,7-8,11-41H2,1-4H3. The van der Waals surface area contributed by atoms with Gasteiger partial charge in [0.05, 0.1) is 14.2 Å². The minimum absolute atomic E-state index is 0.0146. The van der Waals surface area contributed by atoms with E-state index in [1.54, 1.807) is 0 Å². The zero-order valence-electron chi connectivity index (χ0n) is 34.6. The second kappa shape index (κ2) is 40.0. The first kappa shape index (κ1) is 49.9. The van der Waals surface area contributed by atoms with Crippen LogP contribution in [-0.2, 0) is 28.6 Å². The van der Waals surface area contributed by atoms with Crippen LogP contribution in [0.25, 0.3) is 0 Å². The number of unbranched alkanes of at least 4 members (excludes halogenated alkanes) is 22. The molecule has 0 radical (unpaired) electrons. The van der Waals surface area contributed by atoms with Crippen molar-refractivity contribution >= 4 is 17.9 Å². The van der Waals surface area contributed by atoms with Crippen molar-refractivity contribution < 1.29 is 28.6 Å². The molecule has 0 aromatic rings. The summed E-state index contributed by atoms with van der Waals surface area (Å²) in [5.74, 6) is -0.199. The number of ether oxygens (including phenoxy) is 3. The average molecular weight is 734 g/mol. The van der Waals surface area contributed by atoms with Crippen LogP contribution in [0.3, 0.4) is 0 Å². The summed E-state index contributed by atoms with van der Waals surface area (Å²) in [5.41, 5.74) is 0. The third-order valence-corrected chi connectivity index (χ3v) is 9.87. The Labute approximate surface area is 321 Å². The Morgan fingerprint density at radius 1 is 0.423 bits per heavy atom. The highest BCUT2D eigenvalue weighted by molar-refractivity contribution is 5.69. The molecule has 0 saturated carbocycles. The number of nitrogens with zero attached hydrogens (tertiary/aromatic N) is 1. The Kier molecular flexibility index (Phi) is 38.4. The van der Waals surface area contributed by atoms with Gasteiger partial charge in [0.2, 0.25) is 0 Å². The zero-order chi connectivity index (χ0) is 38.2. The van der Waals surface area contributed by atoms with Crippen LogP contribution in [0.2, 0.25) is 0 Å². The van der Waals surface area contributed by atoms with Crippen molar-refractivity contribution in [3.63, 3.8) is 0 Å². The van der Waals surface area contributed by atoms with Gasteiger partial charge in [-0.25, -0.2) is 0 Å². The number of hydrogen-bond acceptors (Lipinski definition) is 7. The molecule has 0 aliphatic carbocycles. The third kappa shape index (κ3) is 39.1. The van der Waals surface area contributed by atoms with Crippen LogP contribution in [0, 0.1) is 0 Å². The van der Waals surface area contributed by atoms with Crippen LogP contribution in [-0.4, -0.2) is 63.8 Å². The molecule has 0 amide bonds. The molecule has 7 heteroatoms. The lowest BCUT2D eigenvalue weighted by atomic mass is 10.0. The summed E-state index contributed by atoms with van der Waals surface area (Å²) in [5, 5.41) is 0. The molecule has 0 heterocycles. The number of rotatable bonds is 39. The maximum atomic E-state index is 12.6. The maximum absolute atomic E-state index is 12.6. The molecule has 52 heavy (non-hydrogen) atoms. The first-order valence-electron chi connectivity index (χ1n) is 21.7. The van der Waals surface area contributed by atoms with Crippen LogP contribution >= 0.6 is 0 Å². The monoisotopic (exact) mass is 734 g/mol. The highest BCUT2D eigenvalue weighted by Crippen LogP contribution is 2.19. The molecular weight excluding hydrogens is 650 g/mol. The largest absolute Gasteiger partial charge is 0.469 e. The minimum atomic E-state index is -0.0924. The lowest BCUT2D eigenvalue weighted by Gasteiger charge is -2.18. The summed E-state index contributed by atoms with van der Waals surface area (Å²) in [7, 11) is 7.01. The van der Waals surface area contributed by atoms with Crippen LogP contribution in [0.1, 0.15) is 205 Å². The van der Waals surface area contributed by atoms with Gasteiger partial charge < -0.3 is 19.1 Å². The molecule has 0 fully saturated rings. The Hall–Kier alpha value is -2.15. The molecule has 0 atom stereocenters. The molecule has 0 rings (SSSR count). The fourth-order valence-corrected chi connectivity index (χ4v) is 6.53. The van der Waals surface area contributed by atoms with E-state index < -0.39 is 0 Å². The molecule has 0 aliphatic heterocycles. The van der Waals surface area contributed by atoms with Crippen LogP contribution in [0.4, 0.5) is 0 Å². The smallest absolute Gasteiger partial charge is 0.306 e. The lowest BCUT2D eigenvalue weighted by molar-refractivity contribution is -0.150. The van der Waals surface area contributed by atoms with Crippen molar-refractivity contribution in [2.24, 2.45) is 0 Å².